The molecule has 2 N–H and O–H groups in total. The normalized spacial score (nSPS) is 24.5. The summed E-state index contributed by atoms with van der Waals surface area (Å²) >= 11 is 0. The fraction of sp³-hybridized carbons (Fsp3) is 0.632. The Hall–Kier alpha value is -1.43. The van der Waals surface area contributed by atoms with Crippen molar-refractivity contribution in [1.29, 1.82) is 0 Å². The zero-order valence-corrected chi connectivity index (χ0v) is 14.6. The lowest BCUT2D eigenvalue weighted by molar-refractivity contribution is -0.147. The molecule has 2 fully saturated rings. The summed E-state index contributed by atoms with van der Waals surface area (Å²) in [5.41, 5.74) is 0.684. The van der Waals surface area contributed by atoms with Gasteiger partial charge in [0.1, 0.15) is 5.60 Å². The molecular formula is C19H29N3O2. The molecule has 2 saturated heterocycles. The van der Waals surface area contributed by atoms with Crippen LogP contribution in [0.1, 0.15) is 31.2 Å². The molecule has 24 heavy (non-hydrogen) atoms. The number of carbonyl (C=O) groups is 1. The van der Waals surface area contributed by atoms with Crippen molar-refractivity contribution in [3.05, 3.63) is 35.9 Å². The molecule has 1 aromatic rings. The maximum absolute atomic E-state index is 12.8. The van der Waals surface area contributed by atoms with Crippen molar-refractivity contribution in [3.8, 4) is 0 Å². The van der Waals surface area contributed by atoms with Gasteiger partial charge < -0.3 is 15.4 Å². The maximum Gasteiger partial charge on any atom is 0.252 e. The van der Waals surface area contributed by atoms with Gasteiger partial charge in [0.05, 0.1) is 0 Å². The molecule has 0 aliphatic carbocycles. The largest absolute Gasteiger partial charge is 0.368 e. The van der Waals surface area contributed by atoms with E-state index in [9.17, 15) is 4.79 Å². The fourth-order valence-corrected chi connectivity index (χ4v) is 3.83. The Bertz CT molecular complexity index is 529. The number of carbonyl (C=O) groups excluding carboxylic acids is 1. The third-order valence-electron chi connectivity index (χ3n) is 5.31. The second-order valence-electron chi connectivity index (χ2n) is 6.98. The quantitative estimate of drug-likeness (QED) is 0.859. The van der Waals surface area contributed by atoms with Gasteiger partial charge in [0, 0.05) is 26.2 Å². The summed E-state index contributed by atoms with van der Waals surface area (Å²) in [6, 6.07) is 10.8. The Morgan fingerprint density at radius 2 is 2.08 bits per heavy atom. The topological polar surface area (TPSA) is 53.6 Å². The van der Waals surface area contributed by atoms with Crippen molar-refractivity contribution >= 4 is 5.91 Å². The van der Waals surface area contributed by atoms with Gasteiger partial charge in [-0.15, -0.1) is 0 Å². The number of likely N-dealkylation sites (tertiary alicyclic amines) is 1. The Balaban J connectivity index is 1.55. The average molecular weight is 331 g/mol. The highest BCUT2D eigenvalue weighted by Crippen LogP contribution is 2.23. The lowest BCUT2D eigenvalue weighted by atomic mass is 9.90. The summed E-state index contributed by atoms with van der Waals surface area (Å²) in [6.45, 7) is 4.64. The molecule has 2 aliphatic rings. The molecule has 0 radical (unpaired) electrons. The summed E-state index contributed by atoms with van der Waals surface area (Å²) in [7, 11) is 1.66. The minimum absolute atomic E-state index is 0.0676. The van der Waals surface area contributed by atoms with Crippen LogP contribution < -0.4 is 10.6 Å². The predicted molar refractivity (Wildman–Crippen MR) is 94.7 cm³/mol. The number of amides is 1. The molecule has 1 unspecified atom stereocenters. The minimum Gasteiger partial charge on any atom is -0.368 e. The molecule has 2 aliphatic heterocycles. The van der Waals surface area contributed by atoms with Crippen molar-refractivity contribution in [2.24, 2.45) is 0 Å². The number of nitrogens with zero attached hydrogens (tertiary/aromatic N) is 1. The SMILES string of the molecule is COC1(C(=O)NC2CCCN(Cc3ccccc3)C2)CCNCC1. The van der Waals surface area contributed by atoms with Crippen molar-refractivity contribution in [3.63, 3.8) is 0 Å². The molecule has 5 nitrogen and oxygen atoms in total. The fourth-order valence-electron chi connectivity index (χ4n) is 3.83. The third-order valence-corrected chi connectivity index (χ3v) is 5.31. The number of rotatable bonds is 5. The summed E-state index contributed by atoms with van der Waals surface area (Å²) in [4.78, 5) is 15.2. The van der Waals surface area contributed by atoms with Crippen molar-refractivity contribution in [2.45, 2.75) is 43.9 Å². The van der Waals surface area contributed by atoms with Crippen molar-refractivity contribution in [2.75, 3.05) is 33.3 Å². The molecule has 0 spiro atoms. The second-order valence-corrected chi connectivity index (χ2v) is 6.98. The van der Waals surface area contributed by atoms with E-state index < -0.39 is 5.60 Å². The van der Waals surface area contributed by atoms with E-state index in [4.69, 9.17) is 4.74 Å². The van der Waals surface area contributed by atoms with Crippen LogP contribution in [0.25, 0.3) is 0 Å². The molecule has 5 heteroatoms. The van der Waals surface area contributed by atoms with E-state index in [-0.39, 0.29) is 11.9 Å². The molecule has 0 saturated carbocycles. The van der Waals surface area contributed by atoms with Gasteiger partial charge in [0.15, 0.2) is 0 Å². The van der Waals surface area contributed by atoms with Gasteiger partial charge in [-0.25, -0.2) is 0 Å². The highest BCUT2D eigenvalue weighted by molar-refractivity contribution is 5.85. The third kappa shape index (κ3) is 4.15. The first-order chi connectivity index (χ1) is 11.7. The lowest BCUT2D eigenvalue weighted by Crippen LogP contribution is -2.58. The number of piperidine rings is 2. The average Bonchev–Trinajstić information content (AvgIpc) is 2.63. The van der Waals surface area contributed by atoms with Crippen LogP contribution in [-0.4, -0.2) is 55.7 Å². The summed E-state index contributed by atoms with van der Waals surface area (Å²) in [5.74, 6) is 0.0676. The van der Waals surface area contributed by atoms with Gasteiger partial charge in [-0.3, -0.25) is 9.69 Å². The van der Waals surface area contributed by atoms with E-state index >= 15 is 0 Å². The lowest BCUT2D eigenvalue weighted by Gasteiger charge is -2.38. The summed E-state index contributed by atoms with van der Waals surface area (Å²) in [6.07, 6.45) is 3.67. The van der Waals surface area contributed by atoms with E-state index in [1.54, 1.807) is 7.11 Å². The standard InChI is InChI=1S/C19H29N3O2/c1-24-19(9-11-20-12-10-19)18(23)21-17-8-5-13-22(15-17)14-16-6-3-2-4-7-16/h2-4,6-7,17,20H,5,8-15H2,1H3,(H,21,23). The summed E-state index contributed by atoms with van der Waals surface area (Å²) in [5, 5.41) is 6.56. The highest BCUT2D eigenvalue weighted by atomic mass is 16.5. The van der Waals surface area contributed by atoms with Crippen molar-refractivity contribution in [1.82, 2.24) is 15.5 Å². The number of nitrogens with one attached hydrogen (secondary N) is 2. The Labute approximate surface area is 144 Å². The Kier molecular flexibility index (Phi) is 5.87. The van der Waals surface area contributed by atoms with Gasteiger partial charge >= 0.3 is 0 Å². The molecule has 0 aromatic heterocycles. The van der Waals surface area contributed by atoms with Gasteiger partial charge in [0.25, 0.3) is 5.91 Å². The second kappa shape index (κ2) is 8.10. The van der Waals surface area contributed by atoms with Gasteiger partial charge in [-0.05, 0) is 50.9 Å². The van der Waals surface area contributed by atoms with Gasteiger partial charge in [-0.2, -0.15) is 0 Å². The first-order valence-corrected chi connectivity index (χ1v) is 9.05. The Morgan fingerprint density at radius 1 is 1.33 bits per heavy atom. The van der Waals surface area contributed by atoms with Crippen LogP contribution in [0.15, 0.2) is 30.3 Å². The molecule has 1 atom stereocenters. The number of hydrogen-bond donors (Lipinski definition) is 2. The predicted octanol–water partition coefficient (Wildman–Crippen LogP) is 1.54. The molecule has 1 aromatic carbocycles. The van der Waals surface area contributed by atoms with Gasteiger partial charge in [0.2, 0.25) is 0 Å². The number of ether oxygens (including phenoxy) is 1. The maximum atomic E-state index is 12.8. The number of methoxy groups -OCH3 is 1. The molecule has 0 bridgehead atoms. The first-order valence-electron chi connectivity index (χ1n) is 9.05. The van der Waals surface area contributed by atoms with E-state index in [0.717, 1.165) is 58.4 Å². The van der Waals surface area contributed by atoms with Crippen LogP contribution in [0.3, 0.4) is 0 Å². The van der Waals surface area contributed by atoms with Crippen LogP contribution in [0, 0.1) is 0 Å². The summed E-state index contributed by atoms with van der Waals surface area (Å²) < 4.78 is 5.64. The van der Waals surface area contributed by atoms with E-state index in [1.165, 1.54) is 5.56 Å². The van der Waals surface area contributed by atoms with Crippen LogP contribution in [0.2, 0.25) is 0 Å². The van der Waals surface area contributed by atoms with Crippen LogP contribution in [0.4, 0.5) is 0 Å². The molecule has 132 valence electrons. The molecule has 2 heterocycles. The van der Waals surface area contributed by atoms with Crippen molar-refractivity contribution < 1.29 is 9.53 Å². The molecule has 1 amide bonds. The zero-order valence-electron chi connectivity index (χ0n) is 14.6. The highest BCUT2D eigenvalue weighted by Gasteiger charge is 2.40. The zero-order chi connectivity index (χ0) is 16.8. The minimum atomic E-state index is -0.646. The Morgan fingerprint density at radius 3 is 2.79 bits per heavy atom. The van der Waals surface area contributed by atoms with Crippen LogP contribution >= 0.6 is 0 Å². The first kappa shape index (κ1) is 17.4. The van der Waals surface area contributed by atoms with Crippen LogP contribution in [-0.2, 0) is 16.1 Å². The number of hydrogen-bond acceptors (Lipinski definition) is 4. The van der Waals surface area contributed by atoms with Crippen LogP contribution in [0.5, 0.6) is 0 Å². The number of benzene rings is 1. The molecular weight excluding hydrogens is 302 g/mol. The van der Waals surface area contributed by atoms with E-state index in [1.807, 2.05) is 6.07 Å². The van der Waals surface area contributed by atoms with E-state index in [2.05, 4.69) is 39.8 Å². The smallest absolute Gasteiger partial charge is 0.252 e. The molecule has 3 rings (SSSR count). The van der Waals surface area contributed by atoms with E-state index in [0.29, 0.717) is 0 Å². The monoisotopic (exact) mass is 331 g/mol. The van der Waals surface area contributed by atoms with Gasteiger partial charge in [-0.1, -0.05) is 30.3 Å².